The van der Waals surface area contributed by atoms with Crippen molar-refractivity contribution in [3.05, 3.63) is 77.2 Å². The minimum atomic E-state index is -4.41. The number of rotatable bonds is 6. The smallest absolute Gasteiger partial charge is 0.354 e. The summed E-state index contributed by atoms with van der Waals surface area (Å²) in [5.41, 5.74) is 1.17. The van der Waals surface area contributed by atoms with Gasteiger partial charge in [-0.05, 0) is 49.2 Å². The minimum absolute atomic E-state index is 0.283. The Labute approximate surface area is 159 Å². The van der Waals surface area contributed by atoms with E-state index in [0.29, 0.717) is 30.4 Å². The molecule has 0 fully saturated rings. The van der Waals surface area contributed by atoms with Crippen molar-refractivity contribution < 1.29 is 17.6 Å². The van der Waals surface area contributed by atoms with E-state index < -0.39 is 11.7 Å². The van der Waals surface area contributed by atoms with Crippen LogP contribution in [0.25, 0.3) is 0 Å². The third-order valence-electron chi connectivity index (χ3n) is 3.93. The van der Waals surface area contributed by atoms with Crippen LogP contribution < -0.4 is 10.6 Å². The Bertz CT molecular complexity index is 940. The van der Waals surface area contributed by atoms with E-state index in [-0.39, 0.29) is 11.5 Å². The summed E-state index contributed by atoms with van der Waals surface area (Å²) >= 11 is 0. The van der Waals surface area contributed by atoms with E-state index in [2.05, 4.69) is 20.6 Å². The second-order valence-electron chi connectivity index (χ2n) is 6.22. The summed E-state index contributed by atoms with van der Waals surface area (Å²) in [6.45, 7) is 2.29. The van der Waals surface area contributed by atoms with Gasteiger partial charge in [-0.15, -0.1) is 0 Å². The topological polar surface area (TPSA) is 49.8 Å². The quantitative estimate of drug-likeness (QED) is 0.558. The van der Waals surface area contributed by atoms with Crippen molar-refractivity contribution in [3.8, 4) is 0 Å². The van der Waals surface area contributed by atoms with E-state index in [0.717, 1.165) is 17.7 Å². The average molecular weight is 390 g/mol. The van der Waals surface area contributed by atoms with Crippen molar-refractivity contribution in [3.63, 3.8) is 0 Å². The number of anilines is 3. The molecule has 28 heavy (non-hydrogen) atoms. The molecule has 146 valence electrons. The molecule has 2 aromatic carbocycles. The Morgan fingerprint density at radius 3 is 2.43 bits per heavy atom. The van der Waals surface area contributed by atoms with Crippen molar-refractivity contribution in [1.82, 2.24) is 9.97 Å². The lowest BCUT2D eigenvalue weighted by Gasteiger charge is -2.12. The lowest BCUT2D eigenvalue weighted by molar-refractivity contribution is -0.137. The molecule has 0 bridgehead atoms. The lowest BCUT2D eigenvalue weighted by Crippen LogP contribution is -2.10. The fourth-order valence-corrected chi connectivity index (χ4v) is 2.60. The van der Waals surface area contributed by atoms with Crippen LogP contribution in [0.2, 0.25) is 0 Å². The molecule has 0 atom stereocenters. The van der Waals surface area contributed by atoms with E-state index >= 15 is 0 Å². The Morgan fingerprint density at radius 2 is 1.71 bits per heavy atom. The summed E-state index contributed by atoms with van der Waals surface area (Å²) < 4.78 is 51.5. The Balaban J connectivity index is 1.67. The first-order valence-corrected chi connectivity index (χ1v) is 8.58. The summed E-state index contributed by atoms with van der Waals surface area (Å²) in [6.07, 6.45) is -3.76. The van der Waals surface area contributed by atoms with Gasteiger partial charge in [-0.25, -0.2) is 9.37 Å². The van der Waals surface area contributed by atoms with Crippen LogP contribution in [0, 0.1) is 12.7 Å². The number of nitrogens with zero attached hydrogens (tertiary/aromatic N) is 2. The number of alkyl halides is 3. The van der Waals surface area contributed by atoms with Gasteiger partial charge in [0.15, 0.2) is 0 Å². The van der Waals surface area contributed by atoms with Crippen LogP contribution in [0.4, 0.5) is 35.0 Å². The van der Waals surface area contributed by atoms with Crippen molar-refractivity contribution in [2.24, 2.45) is 0 Å². The van der Waals surface area contributed by atoms with Gasteiger partial charge in [-0.3, -0.25) is 0 Å². The minimum Gasteiger partial charge on any atom is -0.354 e. The monoisotopic (exact) mass is 390 g/mol. The van der Waals surface area contributed by atoms with Crippen LogP contribution >= 0.6 is 0 Å². The zero-order valence-electron chi connectivity index (χ0n) is 15.0. The molecule has 3 rings (SSSR count). The second kappa shape index (κ2) is 8.24. The second-order valence-corrected chi connectivity index (χ2v) is 6.22. The van der Waals surface area contributed by atoms with Gasteiger partial charge in [0, 0.05) is 24.0 Å². The molecular weight excluding hydrogens is 372 g/mol. The fourth-order valence-electron chi connectivity index (χ4n) is 2.60. The predicted molar refractivity (Wildman–Crippen MR) is 100 cm³/mol. The molecule has 4 nitrogen and oxygen atoms in total. The molecule has 0 aliphatic heterocycles. The first kappa shape index (κ1) is 19.6. The van der Waals surface area contributed by atoms with Crippen LogP contribution in [0.3, 0.4) is 0 Å². The third kappa shape index (κ3) is 5.42. The van der Waals surface area contributed by atoms with Gasteiger partial charge in [-0.2, -0.15) is 18.2 Å². The number of benzene rings is 2. The molecule has 2 N–H and O–H groups in total. The first-order valence-electron chi connectivity index (χ1n) is 8.58. The molecule has 1 aromatic heterocycles. The van der Waals surface area contributed by atoms with Crippen LogP contribution in [0.1, 0.15) is 16.8 Å². The van der Waals surface area contributed by atoms with E-state index in [1.54, 1.807) is 25.1 Å². The Kier molecular flexibility index (Phi) is 5.77. The third-order valence-corrected chi connectivity index (χ3v) is 3.93. The van der Waals surface area contributed by atoms with Crippen LogP contribution in [0.5, 0.6) is 0 Å². The van der Waals surface area contributed by atoms with Gasteiger partial charge in [0.25, 0.3) is 0 Å². The standard InChI is InChI=1S/C20H18F4N4/c1-13-11-18(27-17-4-2-3-15(12-17)20(22,23)24)28-19(26-13)25-10-9-14-5-7-16(21)8-6-14/h2-8,11-12H,9-10H2,1H3,(H2,25,26,27,28). The van der Waals surface area contributed by atoms with Gasteiger partial charge < -0.3 is 10.6 Å². The highest BCUT2D eigenvalue weighted by molar-refractivity contribution is 5.58. The summed E-state index contributed by atoms with van der Waals surface area (Å²) in [6, 6.07) is 12.8. The fraction of sp³-hybridized carbons (Fsp3) is 0.200. The van der Waals surface area contributed by atoms with Crippen LogP contribution in [0.15, 0.2) is 54.6 Å². The molecule has 0 radical (unpaired) electrons. The number of hydrogen-bond acceptors (Lipinski definition) is 4. The number of hydrogen-bond donors (Lipinski definition) is 2. The maximum Gasteiger partial charge on any atom is 0.416 e. The normalized spacial score (nSPS) is 11.3. The van der Waals surface area contributed by atoms with Crippen molar-refractivity contribution in [2.45, 2.75) is 19.5 Å². The maximum absolute atomic E-state index is 12.9. The Hall–Kier alpha value is -3.16. The lowest BCUT2D eigenvalue weighted by atomic mass is 10.1. The summed E-state index contributed by atoms with van der Waals surface area (Å²) in [7, 11) is 0. The van der Waals surface area contributed by atoms with Gasteiger partial charge in [0.2, 0.25) is 5.95 Å². The zero-order chi connectivity index (χ0) is 20.1. The zero-order valence-corrected chi connectivity index (χ0v) is 15.0. The van der Waals surface area contributed by atoms with Gasteiger partial charge in [-0.1, -0.05) is 18.2 Å². The summed E-state index contributed by atoms with van der Waals surface area (Å²) in [5, 5.41) is 5.95. The SMILES string of the molecule is Cc1cc(Nc2cccc(C(F)(F)F)c2)nc(NCCc2ccc(F)cc2)n1. The number of nitrogens with one attached hydrogen (secondary N) is 2. The molecule has 0 saturated heterocycles. The molecule has 0 spiro atoms. The molecule has 8 heteroatoms. The summed E-state index contributed by atoms with van der Waals surface area (Å²) in [4.78, 5) is 8.57. The van der Waals surface area contributed by atoms with Gasteiger partial charge in [0.1, 0.15) is 11.6 Å². The molecule has 0 aliphatic carbocycles. The van der Waals surface area contributed by atoms with Gasteiger partial charge >= 0.3 is 6.18 Å². The number of halogens is 4. The molecule has 0 saturated carbocycles. The highest BCUT2D eigenvalue weighted by Gasteiger charge is 2.30. The van der Waals surface area contributed by atoms with E-state index in [4.69, 9.17) is 0 Å². The van der Waals surface area contributed by atoms with Crippen molar-refractivity contribution in [1.29, 1.82) is 0 Å². The maximum atomic E-state index is 12.9. The van der Waals surface area contributed by atoms with E-state index in [1.807, 2.05) is 0 Å². The molecule has 0 unspecified atom stereocenters. The van der Waals surface area contributed by atoms with Crippen molar-refractivity contribution >= 4 is 17.5 Å². The molecule has 0 amide bonds. The van der Waals surface area contributed by atoms with Crippen LogP contribution in [-0.4, -0.2) is 16.5 Å². The van der Waals surface area contributed by atoms with E-state index in [9.17, 15) is 17.6 Å². The highest BCUT2D eigenvalue weighted by Crippen LogP contribution is 2.31. The Morgan fingerprint density at radius 1 is 0.964 bits per heavy atom. The first-order chi connectivity index (χ1) is 13.3. The average Bonchev–Trinajstić information content (AvgIpc) is 2.62. The molecule has 1 heterocycles. The van der Waals surface area contributed by atoms with Crippen molar-refractivity contribution in [2.75, 3.05) is 17.2 Å². The number of aryl methyl sites for hydroxylation is 1. The molecular formula is C20H18F4N4. The molecule has 0 aliphatic rings. The summed E-state index contributed by atoms with van der Waals surface area (Å²) in [5.74, 6) is 0.455. The van der Waals surface area contributed by atoms with Gasteiger partial charge in [0.05, 0.1) is 5.56 Å². The molecule has 3 aromatic rings. The predicted octanol–water partition coefficient (Wildman–Crippen LogP) is 5.34. The van der Waals surface area contributed by atoms with E-state index in [1.165, 1.54) is 24.3 Å². The highest BCUT2D eigenvalue weighted by atomic mass is 19.4. The van der Waals surface area contributed by atoms with Crippen LogP contribution in [-0.2, 0) is 12.6 Å². The number of aromatic nitrogens is 2. The largest absolute Gasteiger partial charge is 0.416 e.